The summed E-state index contributed by atoms with van der Waals surface area (Å²) < 4.78 is 6.58. The Morgan fingerprint density at radius 1 is 1.09 bits per heavy atom. The van der Waals surface area contributed by atoms with Crippen molar-refractivity contribution in [3.8, 4) is 5.75 Å². The molecule has 1 aliphatic rings. The minimum absolute atomic E-state index is 0.108. The van der Waals surface area contributed by atoms with Crippen LogP contribution in [0.15, 0.2) is 77.5 Å². The smallest absolute Gasteiger partial charge is 0.329 e. The van der Waals surface area contributed by atoms with E-state index < -0.39 is 0 Å². The van der Waals surface area contributed by atoms with Gasteiger partial charge in [0.15, 0.2) is 0 Å². The van der Waals surface area contributed by atoms with Crippen molar-refractivity contribution in [2.24, 2.45) is 0 Å². The molecule has 0 atom stereocenters. The molecule has 0 unspecified atom stereocenters. The van der Waals surface area contributed by atoms with Crippen molar-refractivity contribution >= 4 is 50.0 Å². The summed E-state index contributed by atoms with van der Waals surface area (Å²) in [4.78, 5) is 26.5. The van der Waals surface area contributed by atoms with E-state index in [1.54, 1.807) is 12.2 Å². The maximum absolute atomic E-state index is 12.2. The quantitative estimate of drug-likeness (QED) is 0.329. The highest BCUT2D eigenvalue weighted by Gasteiger charge is 2.30. The van der Waals surface area contributed by atoms with E-state index in [9.17, 15) is 4.79 Å². The summed E-state index contributed by atoms with van der Waals surface area (Å²) in [6.07, 6.45) is 1.78. The average Bonchev–Trinajstić information content (AvgIpc) is 2.83. The topological polar surface area (TPSA) is 88.6 Å². The summed E-state index contributed by atoms with van der Waals surface area (Å²) in [5.74, 6) is 1.12. The van der Waals surface area contributed by atoms with Crippen LogP contribution in [0, 0.1) is 0 Å². The number of rotatable bonds is 8. The molecule has 0 saturated carbocycles. The number of methoxy groups -OCH3 is 1. The Kier molecular flexibility index (Phi) is 6.78. The molecular formula is C26H24BrN5O3. The summed E-state index contributed by atoms with van der Waals surface area (Å²) >= 11 is 3.50. The SMILES string of the molecule is COc1cc2ncnc(Nc3cccc(Br)c3)c2cc1NC1CN(OC(=O)Cc2ccccc2)C1. The number of hydrogen-bond donors (Lipinski definition) is 2. The lowest BCUT2D eigenvalue weighted by Crippen LogP contribution is -2.55. The molecule has 0 amide bonds. The first-order valence-corrected chi connectivity index (χ1v) is 12.0. The van der Waals surface area contributed by atoms with E-state index in [1.807, 2.05) is 66.7 Å². The van der Waals surface area contributed by atoms with Crippen LogP contribution in [-0.2, 0) is 16.1 Å². The minimum Gasteiger partial charge on any atom is -0.495 e. The van der Waals surface area contributed by atoms with Gasteiger partial charge < -0.3 is 20.2 Å². The van der Waals surface area contributed by atoms with Gasteiger partial charge in [-0.25, -0.2) is 14.8 Å². The van der Waals surface area contributed by atoms with Crippen LogP contribution in [0.2, 0.25) is 0 Å². The molecule has 1 fully saturated rings. The first-order valence-electron chi connectivity index (χ1n) is 11.2. The van der Waals surface area contributed by atoms with E-state index in [0.717, 1.165) is 32.3 Å². The van der Waals surface area contributed by atoms with Gasteiger partial charge in [-0.3, -0.25) is 0 Å². The maximum atomic E-state index is 12.2. The van der Waals surface area contributed by atoms with E-state index in [-0.39, 0.29) is 18.4 Å². The van der Waals surface area contributed by atoms with Gasteiger partial charge in [-0.1, -0.05) is 52.3 Å². The van der Waals surface area contributed by atoms with E-state index in [2.05, 4.69) is 36.5 Å². The van der Waals surface area contributed by atoms with Crippen LogP contribution in [0.25, 0.3) is 10.9 Å². The number of nitrogens with zero attached hydrogens (tertiary/aromatic N) is 3. The molecule has 178 valence electrons. The normalized spacial score (nSPS) is 13.8. The average molecular weight is 534 g/mol. The molecule has 0 radical (unpaired) electrons. The van der Waals surface area contributed by atoms with Gasteiger partial charge in [0, 0.05) is 21.6 Å². The van der Waals surface area contributed by atoms with Gasteiger partial charge in [0.2, 0.25) is 0 Å². The Bertz CT molecular complexity index is 1350. The molecule has 0 bridgehead atoms. The summed E-state index contributed by atoms with van der Waals surface area (Å²) in [5.41, 5.74) is 3.44. The Morgan fingerprint density at radius 2 is 1.91 bits per heavy atom. The molecule has 9 heteroatoms. The third kappa shape index (κ3) is 5.52. The van der Waals surface area contributed by atoms with Crippen LogP contribution < -0.4 is 15.4 Å². The molecule has 0 spiro atoms. The van der Waals surface area contributed by atoms with Crippen molar-refractivity contribution in [2.45, 2.75) is 12.5 Å². The number of carbonyl (C=O) groups is 1. The minimum atomic E-state index is -0.265. The molecule has 4 aromatic rings. The summed E-state index contributed by atoms with van der Waals surface area (Å²) in [7, 11) is 1.63. The molecular weight excluding hydrogens is 510 g/mol. The number of hydroxylamine groups is 2. The number of anilines is 3. The number of halogens is 1. The van der Waals surface area contributed by atoms with E-state index in [0.29, 0.717) is 24.7 Å². The number of fused-ring (bicyclic) bond motifs is 1. The first-order chi connectivity index (χ1) is 17.1. The van der Waals surface area contributed by atoms with Gasteiger partial charge in [-0.15, -0.1) is 5.06 Å². The number of hydrogen-bond acceptors (Lipinski definition) is 8. The molecule has 2 N–H and O–H groups in total. The lowest BCUT2D eigenvalue weighted by Gasteiger charge is -2.38. The standard InChI is InChI=1S/C26H24BrN5O3/c1-34-24-13-22-21(26(29-16-28-22)31-19-9-5-8-18(27)11-19)12-23(24)30-20-14-32(15-20)35-25(33)10-17-6-3-2-4-7-17/h2-9,11-13,16,20,30H,10,14-15H2,1H3,(H,28,29,31). The predicted molar refractivity (Wildman–Crippen MR) is 139 cm³/mol. The molecule has 1 aromatic heterocycles. The van der Waals surface area contributed by atoms with Crippen molar-refractivity contribution in [1.82, 2.24) is 15.0 Å². The van der Waals surface area contributed by atoms with E-state index in [1.165, 1.54) is 6.33 Å². The van der Waals surface area contributed by atoms with Gasteiger partial charge in [-0.05, 0) is 29.8 Å². The van der Waals surface area contributed by atoms with Gasteiger partial charge in [0.05, 0.1) is 43.9 Å². The molecule has 3 aromatic carbocycles. The van der Waals surface area contributed by atoms with Crippen molar-refractivity contribution in [1.29, 1.82) is 0 Å². The Hall–Kier alpha value is -3.69. The second kappa shape index (κ2) is 10.3. The monoisotopic (exact) mass is 533 g/mol. The summed E-state index contributed by atoms with van der Waals surface area (Å²) in [6, 6.07) is 21.4. The third-order valence-electron chi connectivity index (χ3n) is 5.67. The van der Waals surface area contributed by atoms with Crippen molar-refractivity contribution in [3.63, 3.8) is 0 Å². The number of aromatic nitrogens is 2. The van der Waals surface area contributed by atoms with Gasteiger partial charge in [0.1, 0.15) is 17.9 Å². The fourth-order valence-corrected chi connectivity index (χ4v) is 4.33. The van der Waals surface area contributed by atoms with Gasteiger partial charge in [-0.2, -0.15) is 0 Å². The van der Waals surface area contributed by atoms with E-state index in [4.69, 9.17) is 9.57 Å². The molecule has 0 aliphatic carbocycles. The van der Waals surface area contributed by atoms with Crippen LogP contribution in [-0.4, -0.2) is 47.2 Å². The van der Waals surface area contributed by atoms with Crippen molar-refractivity contribution in [2.75, 3.05) is 30.8 Å². The Morgan fingerprint density at radius 3 is 2.69 bits per heavy atom. The molecule has 1 aliphatic heterocycles. The summed E-state index contributed by atoms with van der Waals surface area (Å²) in [5, 5.41) is 9.39. The van der Waals surface area contributed by atoms with Crippen LogP contribution in [0.1, 0.15) is 5.56 Å². The lowest BCUT2D eigenvalue weighted by molar-refractivity contribution is -0.208. The van der Waals surface area contributed by atoms with Gasteiger partial charge >= 0.3 is 5.97 Å². The predicted octanol–water partition coefficient (Wildman–Crippen LogP) is 4.94. The first kappa shape index (κ1) is 23.1. The van der Waals surface area contributed by atoms with Crippen LogP contribution >= 0.6 is 15.9 Å². The van der Waals surface area contributed by atoms with Crippen LogP contribution in [0.3, 0.4) is 0 Å². The molecule has 35 heavy (non-hydrogen) atoms. The maximum Gasteiger partial charge on any atom is 0.329 e. The number of nitrogens with one attached hydrogen (secondary N) is 2. The summed E-state index contributed by atoms with van der Waals surface area (Å²) in [6.45, 7) is 1.16. The van der Waals surface area contributed by atoms with Crippen molar-refractivity contribution < 1.29 is 14.4 Å². The Labute approximate surface area is 211 Å². The van der Waals surface area contributed by atoms with E-state index >= 15 is 0 Å². The number of ether oxygens (including phenoxy) is 1. The highest BCUT2D eigenvalue weighted by atomic mass is 79.9. The largest absolute Gasteiger partial charge is 0.495 e. The fraction of sp³-hybridized carbons (Fsp3) is 0.192. The molecule has 8 nitrogen and oxygen atoms in total. The zero-order valence-corrected chi connectivity index (χ0v) is 20.7. The number of carbonyl (C=O) groups excluding carboxylic acids is 1. The third-order valence-corrected chi connectivity index (χ3v) is 6.17. The second-order valence-corrected chi connectivity index (χ2v) is 9.16. The zero-order chi connectivity index (χ0) is 24.2. The lowest BCUT2D eigenvalue weighted by atomic mass is 10.1. The highest BCUT2D eigenvalue weighted by molar-refractivity contribution is 9.10. The second-order valence-electron chi connectivity index (χ2n) is 8.24. The fourth-order valence-electron chi connectivity index (χ4n) is 3.93. The Balaban J connectivity index is 1.26. The molecule has 1 saturated heterocycles. The van der Waals surface area contributed by atoms with Gasteiger partial charge in [0.25, 0.3) is 0 Å². The molecule has 5 rings (SSSR count). The number of benzene rings is 3. The zero-order valence-electron chi connectivity index (χ0n) is 19.1. The highest BCUT2D eigenvalue weighted by Crippen LogP contribution is 2.34. The van der Waals surface area contributed by atoms with Crippen LogP contribution in [0.5, 0.6) is 5.75 Å². The van der Waals surface area contributed by atoms with Crippen LogP contribution in [0.4, 0.5) is 17.2 Å². The molecule has 2 heterocycles. The van der Waals surface area contributed by atoms with Crippen molar-refractivity contribution in [3.05, 3.63) is 83.1 Å².